The Balaban J connectivity index is 1.39. The minimum absolute atomic E-state index is 0.0674. The number of carbonyl (C=O) groups excluding carboxylic acids is 3. The maximum absolute atomic E-state index is 13.6. The summed E-state index contributed by atoms with van der Waals surface area (Å²) in [5, 5.41) is 30.9. The van der Waals surface area contributed by atoms with E-state index in [9.17, 15) is 24.3 Å². The Kier molecular flexibility index (Phi) is 6.94. The van der Waals surface area contributed by atoms with Crippen LogP contribution in [-0.2, 0) is 24.0 Å². The van der Waals surface area contributed by atoms with Crippen molar-refractivity contribution in [3.05, 3.63) is 22.8 Å². The fourth-order valence-electron chi connectivity index (χ4n) is 4.17. The molecule has 0 aromatic carbocycles. The van der Waals surface area contributed by atoms with E-state index in [0.717, 1.165) is 27.9 Å². The number of carboxylic acids is 1. The quantitative estimate of drug-likeness (QED) is 0.0520. The molecule has 2 fully saturated rings. The van der Waals surface area contributed by atoms with Crippen molar-refractivity contribution in [3.8, 4) is 0 Å². The standard InChI is InChI=1S/C18H19N11O6S3/c19-17-22-7(5-37-17)10(25-35-9-1-3-21-12(9)30)13(31)23-11-14(32)29(6-38-18-24-26-27-28(18)20)8(16(33)34)2-4-36-15(11)29/h2,5,9,11,15H,1,3-4,6,20H2,(H4-,19,21,22,23,30,31,33,34)/p+1/b25-10-/t9?,11-,15+,29?/m1/s1. The number of hydrogen-bond donors (Lipinski definition) is 5. The molecule has 200 valence electrons. The van der Waals surface area contributed by atoms with E-state index in [1.54, 1.807) is 0 Å². The Labute approximate surface area is 225 Å². The van der Waals surface area contributed by atoms with Crippen molar-refractivity contribution in [2.75, 3.05) is 29.8 Å². The monoisotopic (exact) mass is 582 g/mol. The third-order valence-corrected chi connectivity index (χ3v) is 9.04. The Morgan fingerprint density at radius 2 is 2.24 bits per heavy atom. The molecule has 17 nitrogen and oxygen atoms in total. The van der Waals surface area contributed by atoms with Gasteiger partial charge >= 0.3 is 11.9 Å². The molecule has 2 aromatic heterocycles. The predicted molar refractivity (Wildman–Crippen MR) is 133 cm³/mol. The zero-order chi connectivity index (χ0) is 27.0. The number of nitrogens with one attached hydrogen (secondary N) is 2. The minimum Gasteiger partial charge on any atom is -0.474 e. The van der Waals surface area contributed by atoms with Gasteiger partial charge in [-0.3, -0.25) is 9.59 Å². The number of carbonyl (C=O) groups is 4. The number of thioether (sulfide) groups is 2. The molecular weight excluding hydrogens is 562 g/mol. The zero-order valence-electron chi connectivity index (χ0n) is 19.2. The van der Waals surface area contributed by atoms with Crippen LogP contribution in [0, 0.1) is 0 Å². The van der Waals surface area contributed by atoms with Crippen LogP contribution < -0.4 is 22.2 Å². The van der Waals surface area contributed by atoms with Gasteiger partial charge in [0.2, 0.25) is 23.0 Å². The summed E-state index contributed by atoms with van der Waals surface area (Å²) in [6.07, 6.45) is 0.956. The normalized spacial score (nSPS) is 26.7. The number of anilines is 1. The molecule has 3 aliphatic rings. The summed E-state index contributed by atoms with van der Waals surface area (Å²) in [5.41, 5.74) is 5.42. The molecule has 2 saturated heterocycles. The van der Waals surface area contributed by atoms with Crippen LogP contribution in [0.15, 0.2) is 27.5 Å². The van der Waals surface area contributed by atoms with Crippen molar-refractivity contribution in [2.45, 2.75) is 29.1 Å². The van der Waals surface area contributed by atoms with E-state index >= 15 is 0 Å². The van der Waals surface area contributed by atoms with Crippen LogP contribution in [0.1, 0.15) is 12.1 Å². The summed E-state index contributed by atoms with van der Waals surface area (Å²) < 4.78 is -0.558. The van der Waals surface area contributed by atoms with Crippen LogP contribution in [0.2, 0.25) is 0 Å². The molecule has 0 spiro atoms. The lowest BCUT2D eigenvalue weighted by Crippen LogP contribution is -2.81. The van der Waals surface area contributed by atoms with E-state index in [1.807, 2.05) is 0 Å². The van der Waals surface area contributed by atoms with Gasteiger partial charge in [0.15, 0.2) is 16.2 Å². The molecule has 5 rings (SSSR count). The van der Waals surface area contributed by atoms with Crippen molar-refractivity contribution in [1.29, 1.82) is 0 Å². The van der Waals surface area contributed by atoms with Gasteiger partial charge < -0.3 is 32.2 Å². The lowest BCUT2D eigenvalue weighted by molar-refractivity contribution is -0.841. The second-order valence-corrected chi connectivity index (χ2v) is 11.1. The van der Waals surface area contributed by atoms with E-state index in [0.29, 0.717) is 18.7 Å². The molecule has 2 unspecified atom stereocenters. The maximum atomic E-state index is 13.6. The van der Waals surface area contributed by atoms with Crippen molar-refractivity contribution in [1.82, 2.24) is 35.9 Å². The lowest BCUT2D eigenvalue weighted by atomic mass is 10.00. The van der Waals surface area contributed by atoms with Gasteiger partial charge in [-0.2, -0.15) is 4.48 Å². The first-order valence-electron chi connectivity index (χ1n) is 10.9. The zero-order valence-corrected chi connectivity index (χ0v) is 21.7. The van der Waals surface area contributed by atoms with Gasteiger partial charge in [0.1, 0.15) is 11.6 Å². The van der Waals surface area contributed by atoms with E-state index in [4.69, 9.17) is 16.4 Å². The number of fused-ring (bicyclic) bond motifs is 1. The minimum atomic E-state index is -1.26. The number of aliphatic carboxylic acids is 1. The summed E-state index contributed by atoms with van der Waals surface area (Å²) in [7, 11) is 0. The van der Waals surface area contributed by atoms with Gasteiger partial charge in [-0.05, 0) is 28.3 Å². The van der Waals surface area contributed by atoms with E-state index < -0.39 is 39.8 Å². The number of amides is 3. The number of thiazole rings is 1. The SMILES string of the molecule is Nc1nc(/C(=N/OC2CCNC2=O)C(=O)N[C@@H]2C(=O)[N+]3(CSc4nnnn4N)C(C(=O)O)=CCS[C@@H]23)cs1. The highest BCUT2D eigenvalue weighted by molar-refractivity contribution is 8.00. The number of tetrazole rings is 1. The number of hydrogen-bond acceptors (Lipinski definition) is 15. The molecular formula is C18H20N11O6S3+. The van der Waals surface area contributed by atoms with Crippen LogP contribution in [0.3, 0.4) is 0 Å². The number of oxime groups is 1. The Bertz CT molecular complexity index is 1380. The first-order chi connectivity index (χ1) is 18.2. The summed E-state index contributed by atoms with van der Waals surface area (Å²) in [5.74, 6) is 2.93. The molecule has 7 N–H and O–H groups in total. The first kappa shape index (κ1) is 25.9. The predicted octanol–water partition coefficient (Wildman–Crippen LogP) is -2.33. The highest BCUT2D eigenvalue weighted by Crippen LogP contribution is 2.47. The van der Waals surface area contributed by atoms with Crippen LogP contribution in [0.25, 0.3) is 0 Å². The molecule has 0 radical (unpaired) electrons. The number of β-lactam (4-membered cyclic amide) rings is 1. The molecule has 0 aliphatic carbocycles. The number of nitrogens with two attached hydrogens (primary N) is 2. The molecule has 5 heterocycles. The van der Waals surface area contributed by atoms with E-state index in [-0.39, 0.29) is 39.2 Å². The smallest absolute Gasteiger partial charge is 0.390 e. The van der Waals surface area contributed by atoms with Crippen LogP contribution in [0.4, 0.5) is 5.13 Å². The molecule has 20 heteroatoms. The lowest BCUT2D eigenvalue weighted by Gasteiger charge is -2.53. The molecule has 3 amide bonds. The van der Waals surface area contributed by atoms with Crippen molar-refractivity contribution < 1.29 is 33.6 Å². The Hall–Kier alpha value is -3.75. The molecule has 0 bridgehead atoms. The maximum Gasteiger partial charge on any atom is 0.390 e. The fraction of sp³-hybridized carbons (Fsp3) is 0.389. The summed E-state index contributed by atoms with van der Waals surface area (Å²) in [4.78, 5) is 61.1. The summed E-state index contributed by atoms with van der Waals surface area (Å²) in [6, 6.07) is -1.05. The molecule has 38 heavy (non-hydrogen) atoms. The number of aromatic nitrogens is 5. The van der Waals surface area contributed by atoms with Crippen molar-refractivity contribution in [2.24, 2.45) is 5.16 Å². The Morgan fingerprint density at radius 1 is 1.42 bits per heavy atom. The van der Waals surface area contributed by atoms with Gasteiger partial charge in [-0.25, -0.2) is 14.6 Å². The summed E-state index contributed by atoms with van der Waals surface area (Å²) in [6.45, 7) is 0.410. The topological polar surface area (TPSA) is 243 Å². The number of nitrogen functional groups attached to an aromatic ring is 2. The largest absolute Gasteiger partial charge is 0.474 e. The average molecular weight is 583 g/mol. The number of carboxylic acid groups (broad SMARTS) is 1. The van der Waals surface area contributed by atoms with Gasteiger partial charge in [0.05, 0.1) is 0 Å². The third-order valence-electron chi connectivity index (χ3n) is 5.97. The highest BCUT2D eigenvalue weighted by Gasteiger charge is 2.69. The molecule has 0 saturated carbocycles. The van der Waals surface area contributed by atoms with Crippen LogP contribution >= 0.6 is 34.9 Å². The van der Waals surface area contributed by atoms with Gasteiger partial charge in [0.25, 0.3) is 11.8 Å². The molecule has 2 aromatic rings. The fourth-order valence-corrected chi connectivity index (χ4v) is 7.20. The first-order valence-corrected chi connectivity index (χ1v) is 13.8. The average Bonchev–Trinajstić information content (AvgIpc) is 3.62. The number of rotatable bonds is 9. The highest BCUT2D eigenvalue weighted by atomic mass is 32.2. The third kappa shape index (κ3) is 4.44. The van der Waals surface area contributed by atoms with Gasteiger partial charge in [-0.15, -0.1) is 16.1 Å². The van der Waals surface area contributed by atoms with Gasteiger partial charge in [-0.1, -0.05) is 22.0 Å². The van der Waals surface area contributed by atoms with E-state index in [2.05, 4.69) is 36.3 Å². The van der Waals surface area contributed by atoms with Crippen LogP contribution in [0.5, 0.6) is 0 Å². The number of nitrogens with zero attached hydrogens (tertiary/aromatic N) is 7. The Morgan fingerprint density at radius 3 is 2.87 bits per heavy atom. The van der Waals surface area contributed by atoms with Crippen molar-refractivity contribution >= 4 is 69.4 Å². The second kappa shape index (κ2) is 10.2. The molecule has 4 atom stereocenters. The van der Waals surface area contributed by atoms with Crippen molar-refractivity contribution in [3.63, 3.8) is 0 Å². The number of quaternary nitrogens is 1. The summed E-state index contributed by atoms with van der Waals surface area (Å²) >= 11 is 3.39. The van der Waals surface area contributed by atoms with Gasteiger partial charge in [0, 0.05) is 24.1 Å². The van der Waals surface area contributed by atoms with Crippen LogP contribution in [-0.4, -0.2) is 100.0 Å². The van der Waals surface area contributed by atoms with E-state index in [1.165, 1.54) is 23.2 Å². The second-order valence-electron chi connectivity index (χ2n) is 8.14. The molecule has 3 aliphatic heterocycles.